The molecule has 0 saturated heterocycles. The summed E-state index contributed by atoms with van der Waals surface area (Å²) < 4.78 is 5.61. The van der Waals surface area contributed by atoms with Gasteiger partial charge in [-0.05, 0) is 62.4 Å². The first-order valence-electron chi connectivity index (χ1n) is 9.42. The lowest BCUT2D eigenvalue weighted by molar-refractivity contribution is -0.126. The number of anilines is 1. The highest BCUT2D eigenvalue weighted by Gasteiger charge is 2.20. The van der Waals surface area contributed by atoms with Crippen molar-refractivity contribution in [3.05, 3.63) is 63.6 Å². The van der Waals surface area contributed by atoms with Crippen molar-refractivity contribution in [2.45, 2.75) is 26.4 Å². The molecule has 0 spiro atoms. The Morgan fingerprint density at radius 3 is 2.40 bits per heavy atom. The Kier molecular flexibility index (Phi) is 8.56. The summed E-state index contributed by atoms with van der Waals surface area (Å²) in [6, 6.07) is 11.9. The second-order valence-electron chi connectivity index (χ2n) is 7.00. The van der Waals surface area contributed by atoms with Gasteiger partial charge in [-0.25, -0.2) is 4.79 Å². The third kappa shape index (κ3) is 6.67. The quantitative estimate of drug-likeness (QED) is 0.572. The maximum atomic E-state index is 12.4. The summed E-state index contributed by atoms with van der Waals surface area (Å²) in [5.41, 5.74) is 3.00. The number of carbonyl (C=O) groups excluding carboxylic acids is 3. The van der Waals surface area contributed by atoms with E-state index in [-0.39, 0.29) is 18.4 Å². The number of benzene rings is 2. The van der Waals surface area contributed by atoms with Gasteiger partial charge in [-0.1, -0.05) is 28.1 Å². The number of hydrogen-bond donors (Lipinski definition) is 2. The third-order valence-electron chi connectivity index (χ3n) is 4.74. The monoisotopic (exact) mass is 475 g/mol. The highest BCUT2D eigenvalue weighted by Crippen LogP contribution is 2.20. The lowest BCUT2D eigenvalue weighted by Crippen LogP contribution is -2.45. The summed E-state index contributed by atoms with van der Waals surface area (Å²) in [4.78, 5) is 37.9. The number of rotatable bonds is 8. The van der Waals surface area contributed by atoms with Crippen molar-refractivity contribution < 1.29 is 19.1 Å². The van der Waals surface area contributed by atoms with Crippen molar-refractivity contribution in [1.82, 2.24) is 10.2 Å². The molecule has 2 aromatic carbocycles. The van der Waals surface area contributed by atoms with Gasteiger partial charge in [0, 0.05) is 16.7 Å². The maximum absolute atomic E-state index is 12.4. The first-order valence-corrected chi connectivity index (χ1v) is 10.2. The fourth-order valence-corrected chi connectivity index (χ4v) is 3.21. The minimum absolute atomic E-state index is 0.0813. The molecule has 0 heterocycles. The van der Waals surface area contributed by atoms with E-state index in [0.717, 1.165) is 21.3 Å². The lowest BCUT2D eigenvalue weighted by atomic mass is 10.1. The van der Waals surface area contributed by atoms with Crippen molar-refractivity contribution >= 4 is 39.4 Å². The number of hydrogen-bond acceptors (Lipinski definition) is 5. The van der Waals surface area contributed by atoms with Crippen LogP contribution in [-0.2, 0) is 20.9 Å². The molecule has 2 rings (SSSR count). The first kappa shape index (κ1) is 23.6. The second kappa shape index (κ2) is 10.9. The Balaban J connectivity index is 1.84. The molecule has 0 aliphatic rings. The number of nitrogens with zero attached hydrogens (tertiary/aromatic N) is 1. The van der Waals surface area contributed by atoms with Crippen molar-refractivity contribution in [3.8, 4) is 0 Å². The van der Waals surface area contributed by atoms with E-state index in [1.807, 2.05) is 25.1 Å². The molecule has 30 heavy (non-hydrogen) atoms. The largest absolute Gasteiger partial charge is 0.465 e. The van der Waals surface area contributed by atoms with Crippen LogP contribution >= 0.6 is 15.9 Å². The fraction of sp³-hybridized carbons (Fsp3) is 0.318. The number of amides is 2. The van der Waals surface area contributed by atoms with Crippen LogP contribution in [0.1, 0.15) is 28.4 Å². The van der Waals surface area contributed by atoms with Gasteiger partial charge in [-0.3, -0.25) is 14.5 Å². The van der Waals surface area contributed by atoms with Crippen LogP contribution in [0.4, 0.5) is 5.69 Å². The van der Waals surface area contributed by atoms with Gasteiger partial charge in [-0.15, -0.1) is 0 Å². The number of esters is 1. The molecule has 160 valence electrons. The van der Waals surface area contributed by atoms with Crippen LogP contribution in [0.3, 0.4) is 0 Å². The Labute approximate surface area is 184 Å². The zero-order chi connectivity index (χ0) is 22.3. The molecule has 1 unspecified atom stereocenters. The summed E-state index contributed by atoms with van der Waals surface area (Å²) in [5.74, 6) is -0.791. The highest BCUT2D eigenvalue weighted by molar-refractivity contribution is 9.10. The standard InChI is InChI=1S/C22H26BrN3O4/c1-14-11-18(23)9-10-19(14)25-20(27)13-26(3)15(2)21(28)24-12-16-5-7-17(8-6-16)22(29)30-4/h5-11,15H,12-13H2,1-4H3,(H,24,28)(H,25,27). The number of nitrogens with one attached hydrogen (secondary N) is 2. The SMILES string of the molecule is COC(=O)c1ccc(CNC(=O)C(C)N(C)CC(=O)Nc2ccc(Br)cc2C)cc1. The Bertz CT molecular complexity index is 915. The van der Waals surface area contributed by atoms with Crippen molar-refractivity contribution in [1.29, 1.82) is 0 Å². The molecule has 1 atom stereocenters. The van der Waals surface area contributed by atoms with E-state index >= 15 is 0 Å². The van der Waals surface area contributed by atoms with Gasteiger partial charge in [0.15, 0.2) is 0 Å². The molecule has 2 amide bonds. The van der Waals surface area contributed by atoms with Crippen LogP contribution in [-0.4, -0.2) is 49.4 Å². The van der Waals surface area contributed by atoms with E-state index in [2.05, 4.69) is 31.3 Å². The molecule has 0 radical (unpaired) electrons. The Morgan fingerprint density at radius 2 is 1.80 bits per heavy atom. The average molecular weight is 476 g/mol. The fourth-order valence-electron chi connectivity index (χ4n) is 2.73. The van der Waals surface area contributed by atoms with Gasteiger partial charge in [0.05, 0.1) is 25.3 Å². The maximum Gasteiger partial charge on any atom is 0.337 e. The van der Waals surface area contributed by atoms with Gasteiger partial charge in [-0.2, -0.15) is 0 Å². The van der Waals surface area contributed by atoms with Gasteiger partial charge in [0.1, 0.15) is 0 Å². The van der Waals surface area contributed by atoms with Crippen LogP contribution < -0.4 is 10.6 Å². The molecule has 8 heteroatoms. The molecule has 2 N–H and O–H groups in total. The first-order chi connectivity index (χ1) is 14.2. The number of halogens is 1. The van der Waals surface area contributed by atoms with Gasteiger partial charge >= 0.3 is 5.97 Å². The Morgan fingerprint density at radius 1 is 1.13 bits per heavy atom. The molecule has 0 aliphatic heterocycles. The van der Waals surface area contributed by atoms with E-state index in [9.17, 15) is 14.4 Å². The van der Waals surface area contributed by atoms with E-state index < -0.39 is 12.0 Å². The number of likely N-dealkylation sites (N-methyl/N-ethyl adjacent to an activating group) is 1. The summed E-state index contributed by atoms with van der Waals surface area (Å²) in [6.45, 7) is 4.06. The van der Waals surface area contributed by atoms with Crippen LogP contribution in [0.5, 0.6) is 0 Å². The topological polar surface area (TPSA) is 87.7 Å². The smallest absolute Gasteiger partial charge is 0.337 e. The second-order valence-corrected chi connectivity index (χ2v) is 7.92. The molecular weight excluding hydrogens is 450 g/mol. The molecule has 0 aliphatic carbocycles. The van der Waals surface area contributed by atoms with E-state index in [1.54, 1.807) is 43.1 Å². The molecule has 2 aromatic rings. The van der Waals surface area contributed by atoms with Gasteiger partial charge in [0.2, 0.25) is 11.8 Å². The van der Waals surface area contributed by atoms with E-state index in [1.165, 1.54) is 7.11 Å². The zero-order valence-electron chi connectivity index (χ0n) is 17.5. The highest BCUT2D eigenvalue weighted by atomic mass is 79.9. The van der Waals surface area contributed by atoms with E-state index in [0.29, 0.717) is 12.1 Å². The number of ether oxygens (including phenoxy) is 1. The van der Waals surface area contributed by atoms with Gasteiger partial charge < -0.3 is 15.4 Å². The predicted molar refractivity (Wildman–Crippen MR) is 119 cm³/mol. The Hall–Kier alpha value is -2.71. The summed E-state index contributed by atoms with van der Waals surface area (Å²) in [6.07, 6.45) is 0. The summed E-state index contributed by atoms with van der Waals surface area (Å²) in [5, 5.41) is 5.72. The zero-order valence-corrected chi connectivity index (χ0v) is 19.1. The normalized spacial score (nSPS) is 11.7. The molecule has 0 bridgehead atoms. The number of methoxy groups -OCH3 is 1. The summed E-state index contributed by atoms with van der Waals surface area (Å²) >= 11 is 3.40. The minimum Gasteiger partial charge on any atom is -0.465 e. The van der Waals surface area contributed by atoms with Crippen LogP contribution in [0.15, 0.2) is 46.9 Å². The van der Waals surface area contributed by atoms with Crippen molar-refractivity contribution in [2.75, 3.05) is 26.0 Å². The van der Waals surface area contributed by atoms with Crippen molar-refractivity contribution in [3.63, 3.8) is 0 Å². The van der Waals surface area contributed by atoms with Crippen molar-refractivity contribution in [2.24, 2.45) is 0 Å². The molecular formula is C22H26BrN3O4. The van der Waals surface area contributed by atoms with Crippen LogP contribution in [0, 0.1) is 6.92 Å². The number of aryl methyl sites for hydroxylation is 1. The van der Waals surface area contributed by atoms with Crippen LogP contribution in [0.25, 0.3) is 0 Å². The minimum atomic E-state index is -0.490. The van der Waals surface area contributed by atoms with Crippen LogP contribution in [0.2, 0.25) is 0 Å². The van der Waals surface area contributed by atoms with Gasteiger partial charge in [0.25, 0.3) is 0 Å². The summed E-state index contributed by atoms with van der Waals surface area (Å²) in [7, 11) is 3.05. The number of carbonyl (C=O) groups is 3. The molecule has 0 fully saturated rings. The third-order valence-corrected chi connectivity index (χ3v) is 5.23. The molecule has 7 nitrogen and oxygen atoms in total. The predicted octanol–water partition coefficient (Wildman–Crippen LogP) is 3.12. The molecule has 0 saturated carbocycles. The molecule has 0 aromatic heterocycles. The van der Waals surface area contributed by atoms with E-state index in [4.69, 9.17) is 0 Å². The average Bonchev–Trinajstić information content (AvgIpc) is 2.73. The lowest BCUT2D eigenvalue weighted by Gasteiger charge is -2.23.